The molecular formula is C18H17NO3. The van der Waals surface area contributed by atoms with Gasteiger partial charge >= 0.3 is 5.97 Å². The maximum Gasteiger partial charge on any atom is 0.354 e. The zero-order valence-electron chi connectivity index (χ0n) is 12.5. The number of carbonyl (C=O) groups excluding carboxylic acids is 2. The number of hydrogen-bond acceptors (Lipinski definition) is 4. The van der Waals surface area contributed by atoms with Crippen molar-refractivity contribution in [3.63, 3.8) is 0 Å². The highest BCUT2D eigenvalue weighted by Gasteiger charge is 2.13. The zero-order valence-corrected chi connectivity index (χ0v) is 12.5. The Morgan fingerprint density at radius 1 is 1.00 bits per heavy atom. The standard InChI is InChI=1S/C18H17NO3/c1-13-8-10-15(11-9-13)19-16(18(21)22-2)12-17(20)14-6-4-3-5-7-14/h3-12,19H,1-2H3. The SMILES string of the molecule is COC(=O)C(=CC(=O)c1ccccc1)Nc1ccc(C)cc1. The monoisotopic (exact) mass is 295 g/mol. The van der Waals surface area contributed by atoms with E-state index >= 15 is 0 Å². The van der Waals surface area contributed by atoms with Crippen LogP contribution in [-0.2, 0) is 9.53 Å². The molecule has 0 aliphatic heterocycles. The Bertz CT molecular complexity index is 688. The maximum atomic E-state index is 12.2. The number of methoxy groups -OCH3 is 1. The van der Waals surface area contributed by atoms with Crippen molar-refractivity contribution in [1.29, 1.82) is 0 Å². The van der Waals surface area contributed by atoms with Crippen molar-refractivity contribution in [2.24, 2.45) is 0 Å². The van der Waals surface area contributed by atoms with E-state index in [1.165, 1.54) is 13.2 Å². The zero-order chi connectivity index (χ0) is 15.9. The van der Waals surface area contributed by atoms with Crippen LogP contribution in [0, 0.1) is 6.92 Å². The normalized spacial score (nSPS) is 10.9. The Morgan fingerprint density at radius 3 is 2.23 bits per heavy atom. The first-order chi connectivity index (χ1) is 10.6. The Kier molecular flexibility index (Phi) is 5.09. The van der Waals surface area contributed by atoms with Gasteiger partial charge in [-0.25, -0.2) is 4.79 Å². The summed E-state index contributed by atoms with van der Waals surface area (Å²) in [7, 11) is 1.28. The number of anilines is 1. The second-order valence-corrected chi connectivity index (χ2v) is 4.77. The van der Waals surface area contributed by atoms with Crippen LogP contribution in [0.5, 0.6) is 0 Å². The first-order valence-electron chi connectivity index (χ1n) is 6.83. The van der Waals surface area contributed by atoms with E-state index < -0.39 is 5.97 Å². The van der Waals surface area contributed by atoms with Gasteiger partial charge in [0, 0.05) is 17.3 Å². The van der Waals surface area contributed by atoms with Crippen LogP contribution >= 0.6 is 0 Å². The fourth-order valence-corrected chi connectivity index (χ4v) is 1.87. The number of esters is 1. The van der Waals surface area contributed by atoms with Gasteiger partial charge in [-0.3, -0.25) is 4.79 Å². The largest absolute Gasteiger partial charge is 0.464 e. The lowest BCUT2D eigenvalue weighted by atomic mass is 10.1. The number of carbonyl (C=O) groups is 2. The molecule has 112 valence electrons. The van der Waals surface area contributed by atoms with Gasteiger partial charge in [0.1, 0.15) is 5.70 Å². The lowest BCUT2D eigenvalue weighted by Gasteiger charge is -2.09. The third-order valence-electron chi connectivity index (χ3n) is 3.07. The third kappa shape index (κ3) is 4.06. The average molecular weight is 295 g/mol. The van der Waals surface area contributed by atoms with E-state index in [0.717, 1.165) is 5.56 Å². The molecule has 22 heavy (non-hydrogen) atoms. The van der Waals surface area contributed by atoms with Crippen molar-refractivity contribution in [3.8, 4) is 0 Å². The highest BCUT2D eigenvalue weighted by molar-refractivity contribution is 6.09. The summed E-state index contributed by atoms with van der Waals surface area (Å²) in [5.41, 5.74) is 2.42. The molecule has 0 atom stereocenters. The second kappa shape index (κ2) is 7.22. The summed E-state index contributed by atoms with van der Waals surface area (Å²) in [5.74, 6) is -0.856. The fraction of sp³-hybridized carbons (Fsp3) is 0.111. The summed E-state index contributed by atoms with van der Waals surface area (Å²) in [6, 6.07) is 16.2. The van der Waals surface area contributed by atoms with E-state index in [0.29, 0.717) is 11.3 Å². The fourth-order valence-electron chi connectivity index (χ4n) is 1.87. The van der Waals surface area contributed by atoms with Gasteiger partial charge < -0.3 is 10.1 Å². The van der Waals surface area contributed by atoms with Crippen molar-refractivity contribution < 1.29 is 14.3 Å². The van der Waals surface area contributed by atoms with Crippen molar-refractivity contribution >= 4 is 17.4 Å². The summed E-state index contributed by atoms with van der Waals surface area (Å²) in [4.78, 5) is 24.0. The van der Waals surface area contributed by atoms with Crippen molar-refractivity contribution in [2.75, 3.05) is 12.4 Å². The number of nitrogens with one attached hydrogen (secondary N) is 1. The van der Waals surface area contributed by atoms with Gasteiger partial charge in [0.25, 0.3) is 0 Å². The molecule has 0 amide bonds. The molecule has 0 spiro atoms. The highest BCUT2D eigenvalue weighted by atomic mass is 16.5. The molecular weight excluding hydrogens is 278 g/mol. The van der Waals surface area contributed by atoms with Crippen LogP contribution in [0.2, 0.25) is 0 Å². The molecule has 0 saturated heterocycles. The van der Waals surface area contributed by atoms with Gasteiger partial charge in [0.05, 0.1) is 7.11 Å². The molecule has 0 unspecified atom stereocenters. The molecule has 4 nitrogen and oxygen atoms in total. The number of ketones is 1. The van der Waals surface area contributed by atoms with Crippen molar-refractivity contribution in [2.45, 2.75) is 6.92 Å². The van der Waals surface area contributed by atoms with Gasteiger partial charge in [0.2, 0.25) is 0 Å². The Balaban J connectivity index is 2.26. The van der Waals surface area contributed by atoms with Crippen LogP contribution in [0.15, 0.2) is 66.4 Å². The van der Waals surface area contributed by atoms with Gasteiger partial charge in [-0.05, 0) is 19.1 Å². The van der Waals surface area contributed by atoms with E-state index in [1.54, 1.807) is 24.3 Å². The van der Waals surface area contributed by atoms with E-state index in [4.69, 9.17) is 4.74 Å². The summed E-state index contributed by atoms with van der Waals surface area (Å²) < 4.78 is 4.72. The molecule has 2 aromatic rings. The van der Waals surface area contributed by atoms with Gasteiger partial charge in [-0.15, -0.1) is 0 Å². The quantitative estimate of drug-likeness (QED) is 0.522. The van der Waals surface area contributed by atoms with Gasteiger partial charge in [-0.1, -0.05) is 48.0 Å². The van der Waals surface area contributed by atoms with E-state index in [2.05, 4.69) is 5.32 Å². The minimum Gasteiger partial charge on any atom is -0.464 e. The Hall–Kier alpha value is -2.88. The van der Waals surface area contributed by atoms with Crippen LogP contribution in [0.4, 0.5) is 5.69 Å². The maximum absolute atomic E-state index is 12.2. The summed E-state index contributed by atoms with van der Waals surface area (Å²) in [6.45, 7) is 1.97. The van der Waals surface area contributed by atoms with Crippen LogP contribution in [0.1, 0.15) is 15.9 Å². The Labute approximate surface area is 129 Å². The first-order valence-corrected chi connectivity index (χ1v) is 6.83. The second-order valence-electron chi connectivity index (χ2n) is 4.77. The minimum atomic E-state index is -0.593. The number of ether oxygens (including phenoxy) is 1. The van der Waals surface area contributed by atoms with Gasteiger partial charge in [-0.2, -0.15) is 0 Å². The number of hydrogen-bond donors (Lipinski definition) is 1. The Morgan fingerprint density at radius 2 is 1.64 bits per heavy atom. The van der Waals surface area contributed by atoms with Crippen LogP contribution in [0.3, 0.4) is 0 Å². The molecule has 1 N–H and O–H groups in total. The minimum absolute atomic E-state index is 0.0974. The van der Waals surface area contributed by atoms with E-state index in [-0.39, 0.29) is 11.5 Å². The number of rotatable bonds is 5. The molecule has 0 bridgehead atoms. The smallest absolute Gasteiger partial charge is 0.354 e. The molecule has 0 fully saturated rings. The summed E-state index contributed by atoms with van der Waals surface area (Å²) in [5, 5.41) is 2.92. The highest BCUT2D eigenvalue weighted by Crippen LogP contribution is 2.13. The lowest BCUT2D eigenvalue weighted by Crippen LogP contribution is -2.15. The van der Waals surface area contributed by atoms with Gasteiger partial charge in [0.15, 0.2) is 5.78 Å². The molecule has 2 aromatic carbocycles. The van der Waals surface area contributed by atoms with E-state index in [1.807, 2.05) is 37.3 Å². The predicted molar refractivity (Wildman–Crippen MR) is 85.7 cm³/mol. The number of allylic oxidation sites excluding steroid dienone is 1. The molecule has 0 heterocycles. The summed E-state index contributed by atoms with van der Waals surface area (Å²) in [6.07, 6.45) is 1.25. The molecule has 0 radical (unpaired) electrons. The third-order valence-corrected chi connectivity index (χ3v) is 3.07. The molecule has 0 aliphatic carbocycles. The van der Waals surface area contributed by atoms with Crippen LogP contribution in [0.25, 0.3) is 0 Å². The van der Waals surface area contributed by atoms with E-state index in [9.17, 15) is 9.59 Å². The molecule has 4 heteroatoms. The first kappa shape index (κ1) is 15.5. The average Bonchev–Trinajstić information content (AvgIpc) is 2.56. The molecule has 0 saturated carbocycles. The van der Waals surface area contributed by atoms with Crippen molar-refractivity contribution in [1.82, 2.24) is 0 Å². The topological polar surface area (TPSA) is 55.4 Å². The predicted octanol–water partition coefficient (Wildman–Crippen LogP) is 3.35. The number of aryl methyl sites for hydroxylation is 1. The van der Waals surface area contributed by atoms with Crippen LogP contribution < -0.4 is 5.32 Å². The van der Waals surface area contributed by atoms with Crippen LogP contribution in [-0.4, -0.2) is 18.9 Å². The molecule has 0 aliphatic rings. The number of benzene rings is 2. The van der Waals surface area contributed by atoms with Crippen molar-refractivity contribution in [3.05, 3.63) is 77.5 Å². The molecule has 0 aromatic heterocycles. The molecule has 2 rings (SSSR count). The lowest BCUT2D eigenvalue weighted by molar-refractivity contribution is -0.135. The summed E-state index contributed by atoms with van der Waals surface area (Å²) >= 11 is 0.